The molecule has 2 rings (SSSR count). The van der Waals surface area contributed by atoms with Crippen LogP contribution in [0, 0.1) is 6.92 Å². The van der Waals surface area contributed by atoms with Crippen LogP contribution in [0.1, 0.15) is 24.1 Å². The summed E-state index contributed by atoms with van der Waals surface area (Å²) in [6.45, 7) is 3.81. The molecule has 1 aromatic heterocycles. The molecule has 0 bridgehead atoms. The second-order valence-corrected chi connectivity index (χ2v) is 7.10. The standard InChI is InChI=1S/C15H15Cl2NO2S/c1-9-3-5-11(6-4-9)18(8-14(19)20)10(2)12-7-13(16)21-15(12)17/h3-7,10H,8H2,1-2H3,(H,19,20). The number of aliphatic carboxylic acids is 1. The number of carboxylic acids is 1. The van der Waals surface area contributed by atoms with Gasteiger partial charge < -0.3 is 10.0 Å². The van der Waals surface area contributed by atoms with Crippen molar-refractivity contribution in [2.75, 3.05) is 11.4 Å². The Hall–Kier alpha value is -1.23. The number of aryl methyl sites for hydroxylation is 1. The highest BCUT2D eigenvalue weighted by atomic mass is 35.5. The molecule has 0 spiro atoms. The van der Waals surface area contributed by atoms with E-state index in [1.54, 1.807) is 11.0 Å². The van der Waals surface area contributed by atoms with Crippen LogP contribution in [0.25, 0.3) is 0 Å². The van der Waals surface area contributed by atoms with Crippen LogP contribution in [0.2, 0.25) is 8.67 Å². The largest absolute Gasteiger partial charge is 0.480 e. The number of anilines is 1. The maximum absolute atomic E-state index is 11.2. The van der Waals surface area contributed by atoms with Gasteiger partial charge in [-0.15, -0.1) is 11.3 Å². The molecule has 0 saturated heterocycles. The molecule has 21 heavy (non-hydrogen) atoms. The lowest BCUT2D eigenvalue weighted by Crippen LogP contribution is -2.32. The van der Waals surface area contributed by atoms with E-state index in [1.807, 2.05) is 38.1 Å². The first kappa shape index (κ1) is 16.1. The van der Waals surface area contributed by atoms with Crippen LogP contribution in [0.15, 0.2) is 30.3 Å². The second-order valence-electron chi connectivity index (χ2n) is 4.81. The maximum Gasteiger partial charge on any atom is 0.323 e. The van der Waals surface area contributed by atoms with Crippen LogP contribution >= 0.6 is 34.5 Å². The van der Waals surface area contributed by atoms with Gasteiger partial charge in [-0.2, -0.15) is 0 Å². The number of hydrogen-bond donors (Lipinski definition) is 1. The van der Waals surface area contributed by atoms with Crippen LogP contribution < -0.4 is 4.90 Å². The van der Waals surface area contributed by atoms with Gasteiger partial charge in [-0.3, -0.25) is 4.79 Å². The van der Waals surface area contributed by atoms with Crippen molar-refractivity contribution >= 4 is 46.2 Å². The van der Waals surface area contributed by atoms with Crippen molar-refractivity contribution in [1.82, 2.24) is 0 Å². The molecule has 0 radical (unpaired) electrons. The first-order chi connectivity index (χ1) is 9.88. The van der Waals surface area contributed by atoms with Gasteiger partial charge >= 0.3 is 5.97 Å². The molecule has 1 atom stereocenters. The summed E-state index contributed by atoms with van der Waals surface area (Å²) in [5.41, 5.74) is 2.81. The van der Waals surface area contributed by atoms with Gasteiger partial charge in [-0.25, -0.2) is 0 Å². The third-order valence-corrected chi connectivity index (χ3v) is 4.79. The van der Waals surface area contributed by atoms with Crippen molar-refractivity contribution in [3.8, 4) is 0 Å². The monoisotopic (exact) mass is 343 g/mol. The minimum absolute atomic E-state index is 0.103. The number of nitrogens with zero attached hydrogens (tertiary/aromatic N) is 1. The number of hydrogen-bond acceptors (Lipinski definition) is 3. The Balaban J connectivity index is 2.37. The summed E-state index contributed by atoms with van der Waals surface area (Å²) in [6, 6.07) is 9.35. The summed E-state index contributed by atoms with van der Waals surface area (Å²) in [6.07, 6.45) is 0. The predicted molar refractivity (Wildman–Crippen MR) is 88.9 cm³/mol. The number of halogens is 2. The highest BCUT2D eigenvalue weighted by molar-refractivity contribution is 7.20. The minimum atomic E-state index is -0.889. The summed E-state index contributed by atoms with van der Waals surface area (Å²) in [4.78, 5) is 13.0. The van der Waals surface area contributed by atoms with E-state index in [0.717, 1.165) is 16.8 Å². The van der Waals surface area contributed by atoms with Gasteiger partial charge in [0.1, 0.15) is 6.54 Å². The van der Waals surface area contributed by atoms with E-state index in [4.69, 9.17) is 23.2 Å². The van der Waals surface area contributed by atoms with E-state index in [0.29, 0.717) is 8.67 Å². The van der Waals surface area contributed by atoms with Crippen molar-refractivity contribution in [2.24, 2.45) is 0 Å². The molecule has 1 N–H and O–H groups in total. The van der Waals surface area contributed by atoms with Crippen molar-refractivity contribution in [3.05, 3.63) is 50.1 Å². The topological polar surface area (TPSA) is 40.5 Å². The Bertz CT molecular complexity index is 640. The highest BCUT2D eigenvalue weighted by Gasteiger charge is 2.22. The van der Waals surface area contributed by atoms with Crippen molar-refractivity contribution < 1.29 is 9.90 Å². The van der Waals surface area contributed by atoms with Crippen LogP contribution in [-0.4, -0.2) is 17.6 Å². The number of thiophene rings is 1. The third kappa shape index (κ3) is 3.90. The second kappa shape index (κ2) is 6.69. The van der Waals surface area contributed by atoms with Crippen molar-refractivity contribution in [2.45, 2.75) is 19.9 Å². The Morgan fingerprint density at radius 3 is 2.43 bits per heavy atom. The Morgan fingerprint density at radius 1 is 1.33 bits per heavy atom. The fourth-order valence-corrected chi connectivity index (χ4v) is 3.77. The van der Waals surface area contributed by atoms with E-state index in [9.17, 15) is 9.90 Å². The number of benzene rings is 1. The van der Waals surface area contributed by atoms with E-state index in [1.165, 1.54) is 11.3 Å². The molecule has 0 aliphatic rings. The molecule has 0 aliphatic carbocycles. The van der Waals surface area contributed by atoms with Gasteiger partial charge in [0.15, 0.2) is 0 Å². The first-order valence-electron chi connectivity index (χ1n) is 6.38. The normalized spacial score (nSPS) is 12.2. The molecule has 2 aromatic rings. The zero-order valence-electron chi connectivity index (χ0n) is 11.6. The molecular formula is C15H15Cl2NO2S. The number of carbonyl (C=O) groups is 1. The van der Waals surface area contributed by atoms with Gasteiger partial charge in [0.25, 0.3) is 0 Å². The maximum atomic E-state index is 11.2. The quantitative estimate of drug-likeness (QED) is 0.828. The molecule has 1 heterocycles. The third-order valence-electron chi connectivity index (χ3n) is 3.27. The van der Waals surface area contributed by atoms with E-state index in [-0.39, 0.29) is 12.6 Å². The molecule has 0 amide bonds. The zero-order chi connectivity index (χ0) is 15.6. The van der Waals surface area contributed by atoms with E-state index < -0.39 is 5.97 Å². The molecule has 3 nitrogen and oxygen atoms in total. The Morgan fingerprint density at radius 2 is 1.95 bits per heavy atom. The SMILES string of the molecule is Cc1ccc(N(CC(=O)O)C(C)c2cc(Cl)sc2Cl)cc1. The summed E-state index contributed by atoms with van der Waals surface area (Å²) in [7, 11) is 0. The highest BCUT2D eigenvalue weighted by Crippen LogP contribution is 2.38. The van der Waals surface area contributed by atoms with E-state index >= 15 is 0 Å². The summed E-state index contributed by atoms with van der Waals surface area (Å²) in [5, 5.41) is 9.17. The fourth-order valence-electron chi connectivity index (χ4n) is 2.14. The predicted octanol–water partition coefficient (Wildman–Crippen LogP) is 5.02. The first-order valence-corrected chi connectivity index (χ1v) is 7.95. The summed E-state index contributed by atoms with van der Waals surface area (Å²) >= 11 is 13.5. The Labute approximate surface area is 137 Å². The molecule has 1 unspecified atom stereocenters. The minimum Gasteiger partial charge on any atom is -0.480 e. The fraction of sp³-hybridized carbons (Fsp3) is 0.267. The smallest absolute Gasteiger partial charge is 0.323 e. The molecule has 112 valence electrons. The van der Waals surface area contributed by atoms with Gasteiger partial charge in [0.2, 0.25) is 0 Å². The molecular weight excluding hydrogens is 329 g/mol. The van der Waals surface area contributed by atoms with Gasteiger partial charge in [0, 0.05) is 11.3 Å². The number of carboxylic acid groups (broad SMARTS) is 1. The summed E-state index contributed by atoms with van der Waals surface area (Å²) in [5.74, 6) is -0.889. The number of rotatable bonds is 5. The van der Waals surface area contributed by atoms with Crippen LogP contribution in [0.3, 0.4) is 0 Å². The molecule has 0 saturated carbocycles. The van der Waals surface area contributed by atoms with E-state index in [2.05, 4.69) is 0 Å². The van der Waals surface area contributed by atoms with Crippen LogP contribution in [-0.2, 0) is 4.79 Å². The lowest BCUT2D eigenvalue weighted by Gasteiger charge is -2.30. The van der Waals surface area contributed by atoms with Crippen molar-refractivity contribution in [1.29, 1.82) is 0 Å². The van der Waals surface area contributed by atoms with Crippen molar-refractivity contribution in [3.63, 3.8) is 0 Å². The summed E-state index contributed by atoms with van der Waals surface area (Å²) < 4.78 is 1.19. The molecule has 0 fully saturated rings. The lowest BCUT2D eigenvalue weighted by atomic mass is 10.1. The average molecular weight is 344 g/mol. The molecule has 6 heteroatoms. The van der Waals surface area contributed by atoms with Gasteiger partial charge in [-0.05, 0) is 32.0 Å². The average Bonchev–Trinajstić information content (AvgIpc) is 2.75. The lowest BCUT2D eigenvalue weighted by molar-refractivity contribution is -0.135. The van der Waals surface area contributed by atoms with Gasteiger partial charge in [-0.1, -0.05) is 40.9 Å². The van der Waals surface area contributed by atoms with Crippen LogP contribution in [0.4, 0.5) is 5.69 Å². The molecule has 0 aliphatic heterocycles. The molecule has 1 aromatic carbocycles. The van der Waals surface area contributed by atoms with Gasteiger partial charge in [0.05, 0.1) is 14.7 Å². The zero-order valence-corrected chi connectivity index (χ0v) is 14.0. The van der Waals surface area contributed by atoms with Crippen LogP contribution in [0.5, 0.6) is 0 Å². The Kier molecular flexibility index (Phi) is 5.14.